The van der Waals surface area contributed by atoms with Crippen molar-refractivity contribution in [3.05, 3.63) is 34.9 Å². The second-order valence-electron chi connectivity index (χ2n) is 4.02. The fourth-order valence-electron chi connectivity index (χ4n) is 1.29. The number of amides is 2. The summed E-state index contributed by atoms with van der Waals surface area (Å²) in [6.07, 6.45) is -7.46. The molecule has 0 aromatic heterocycles. The van der Waals surface area contributed by atoms with Gasteiger partial charge in [0.05, 0.1) is 23.7 Å². The van der Waals surface area contributed by atoms with Crippen LogP contribution in [0.3, 0.4) is 0 Å². The molecule has 116 valence electrons. The number of carbonyl (C=O) groups is 2. The number of hydrogen-bond donors (Lipinski definition) is 3. The van der Waals surface area contributed by atoms with E-state index >= 15 is 0 Å². The first-order chi connectivity index (χ1) is 9.71. The number of alkyl halides is 3. The van der Waals surface area contributed by atoms with Crippen molar-refractivity contribution in [2.45, 2.75) is 12.3 Å². The van der Waals surface area contributed by atoms with E-state index in [9.17, 15) is 22.8 Å². The average molecular weight is 325 g/mol. The van der Waals surface area contributed by atoms with Crippen molar-refractivity contribution < 1.29 is 27.9 Å². The van der Waals surface area contributed by atoms with Crippen LogP contribution < -0.4 is 10.6 Å². The molecule has 21 heavy (non-hydrogen) atoms. The Hall–Kier alpha value is -1.80. The molecule has 1 unspecified atom stereocenters. The first-order valence-corrected chi connectivity index (χ1v) is 6.14. The Bertz CT molecular complexity index is 523. The summed E-state index contributed by atoms with van der Waals surface area (Å²) in [7, 11) is 0. The van der Waals surface area contributed by atoms with Gasteiger partial charge < -0.3 is 15.7 Å². The monoisotopic (exact) mass is 324 g/mol. The molecule has 0 radical (unpaired) electrons. The molecule has 5 nitrogen and oxygen atoms in total. The molecular formula is C12H12ClF3N2O3. The lowest BCUT2D eigenvalue weighted by atomic mass is 10.2. The fraction of sp³-hybridized carbons (Fsp3) is 0.333. The maximum atomic E-state index is 12.0. The predicted octanol–water partition coefficient (Wildman–Crippen LogP) is 1.11. The van der Waals surface area contributed by atoms with Crippen LogP contribution in [0.2, 0.25) is 5.02 Å². The Kier molecular flexibility index (Phi) is 5.98. The molecule has 2 amide bonds. The van der Waals surface area contributed by atoms with Crippen molar-refractivity contribution in [3.8, 4) is 0 Å². The van der Waals surface area contributed by atoms with E-state index in [1.165, 1.54) is 12.1 Å². The van der Waals surface area contributed by atoms with Crippen LogP contribution in [-0.2, 0) is 4.79 Å². The highest BCUT2D eigenvalue weighted by Gasteiger charge is 2.38. The van der Waals surface area contributed by atoms with E-state index in [1.807, 2.05) is 5.32 Å². The summed E-state index contributed by atoms with van der Waals surface area (Å²) in [5, 5.41) is 12.9. The average Bonchev–Trinajstić information content (AvgIpc) is 2.41. The molecule has 0 spiro atoms. The van der Waals surface area contributed by atoms with Crippen molar-refractivity contribution >= 4 is 23.4 Å². The topological polar surface area (TPSA) is 78.4 Å². The van der Waals surface area contributed by atoms with E-state index in [-0.39, 0.29) is 10.6 Å². The van der Waals surface area contributed by atoms with Gasteiger partial charge in [-0.2, -0.15) is 13.2 Å². The number of aliphatic hydroxyl groups is 1. The van der Waals surface area contributed by atoms with E-state index in [4.69, 9.17) is 16.7 Å². The zero-order valence-electron chi connectivity index (χ0n) is 10.6. The summed E-state index contributed by atoms with van der Waals surface area (Å²) in [6, 6.07) is 6.10. The van der Waals surface area contributed by atoms with Crippen LogP contribution in [-0.4, -0.2) is 42.3 Å². The minimum Gasteiger partial charge on any atom is -0.382 e. The third-order valence-electron chi connectivity index (χ3n) is 2.40. The van der Waals surface area contributed by atoms with Crippen LogP contribution in [0.5, 0.6) is 0 Å². The number of halogens is 4. The number of hydrogen-bond acceptors (Lipinski definition) is 3. The third kappa shape index (κ3) is 5.60. The molecule has 3 N–H and O–H groups in total. The minimum absolute atomic E-state index is 0.141. The van der Waals surface area contributed by atoms with Gasteiger partial charge in [-0.3, -0.25) is 9.59 Å². The Morgan fingerprint density at radius 2 is 1.86 bits per heavy atom. The molecule has 0 saturated carbocycles. The van der Waals surface area contributed by atoms with Gasteiger partial charge >= 0.3 is 6.18 Å². The smallest absolute Gasteiger partial charge is 0.382 e. The number of nitrogens with one attached hydrogen (secondary N) is 2. The molecule has 1 aromatic rings. The maximum Gasteiger partial charge on any atom is 0.416 e. The van der Waals surface area contributed by atoms with Crippen molar-refractivity contribution in [2.75, 3.05) is 13.1 Å². The zero-order chi connectivity index (χ0) is 16.0. The summed E-state index contributed by atoms with van der Waals surface area (Å²) in [4.78, 5) is 22.9. The Morgan fingerprint density at radius 3 is 2.43 bits per heavy atom. The normalized spacial score (nSPS) is 12.6. The Labute approximate surface area is 123 Å². The van der Waals surface area contributed by atoms with Gasteiger partial charge in [0, 0.05) is 0 Å². The second-order valence-corrected chi connectivity index (χ2v) is 4.43. The molecule has 1 aromatic carbocycles. The lowest BCUT2D eigenvalue weighted by Gasteiger charge is -2.15. The van der Waals surface area contributed by atoms with Gasteiger partial charge in [0.25, 0.3) is 5.91 Å². The van der Waals surface area contributed by atoms with Crippen LogP contribution in [0.1, 0.15) is 10.4 Å². The fourth-order valence-corrected chi connectivity index (χ4v) is 1.51. The van der Waals surface area contributed by atoms with Crippen LogP contribution in [0.25, 0.3) is 0 Å². The maximum absolute atomic E-state index is 12.0. The molecule has 0 aliphatic rings. The summed E-state index contributed by atoms with van der Waals surface area (Å²) < 4.78 is 36.0. The van der Waals surface area contributed by atoms with E-state index in [0.29, 0.717) is 0 Å². The summed E-state index contributed by atoms with van der Waals surface area (Å²) in [6.45, 7) is -1.51. The van der Waals surface area contributed by atoms with Gasteiger partial charge in [-0.1, -0.05) is 23.7 Å². The number of carbonyl (C=O) groups excluding carboxylic acids is 2. The number of benzene rings is 1. The predicted molar refractivity (Wildman–Crippen MR) is 68.9 cm³/mol. The van der Waals surface area contributed by atoms with Gasteiger partial charge in [0.15, 0.2) is 6.10 Å². The van der Waals surface area contributed by atoms with Crippen LogP contribution in [0.4, 0.5) is 13.2 Å². The first-order valence-electron chi connectivity index (χ1n) is 5.76. The third-order valence-corrected chi connectivity index (χ3v) is 2.73. The lowest BCUT2D eigenvalue weighted by molar-refractivity contribution is -0.201. The summed E-state index contributed by atoms with van der Waals surface area (Å²) in [5.74, 6) is -1.49. The van der Waals surface area contributed by atoms with Crippen molar-refractivity contribution in [2.24, 2.45) is 0 Å². The SMILES string of the molecule is O=C(CNC(=O)c1ccccc1Cl)NCC(O)C(F)(F)F. The summed E-state index contributed by atoms with van der Waals surface area (Å²) >= 11 is 5.77. The van der Waals surface area contributed by atoms with Crippen molar-refractivity contribution in [1.29, 1.82) is 0 Å². The zero-order valence-corrected chi connectivity index (χ0v) is 11.3. The molecule has 0 aliphatic carbocycles. The van der Waals surface area contributed by atoms with Crippen LogP contribution >= 0.6 is 11.6 Å². The molecule has 1 rings (SSSR count). The molecule has 0 fully saturated rings. The quantitative estimate of drug-likeness (QED) is 0.759. The number of aliphatic hydroxyl groups excluding tert-OH is 1. The summed E-state index contributed by atoms with van der Waals surface area (Å²) in [5.41, 5.74) is 0.141. The van der Waals surface area contributed by atoms with Crippen molar-refractivity contribution in [1.82, 2.24) is 10.6 Å². The van der Waals surface area contributed by atoms with Gasteiger partial charge in [0.2, 0.25) is 5.91 Å². The molecule has 0 saturated heterocycles. The van der Waals surface area contributed by atoms with Gasteiger partial charge in [-0.25, -0.2) is 0 Å². The molecule has 0 aliphatic heterocycles. The van der Waals surface area contributed by atoms with Crippen LogP contribution in [0.15, 0.2) is 24.3 Å². The molecule has 0 heterocycles. The first kappa shape index (κ1) is 17.3. The Balaban J connectivity index is 2.40. The van der Waals surface area contributed by atoms with Crippen LogP contribution in [0, 0.1) is 0 Å². The van der Waals surface area contributed by atoms with E-state index in [2.05, 4.69) is 5.32 Å². The molecule has 1 atom stereocenters. The second kappa shape index (κ2) is 7.28. The van der Waals surface area contributed by atoms with Gasteiger partial charge in [-0.05, 0) is 12.1 Å². The largest absolute Gasteiger partial charge is 0.416 e. The van der Waals surface area contributed by atoms with Gasteiger partial charge in [0.1, 0.15) is 0 Å². The Morgan fingerprint density at radius 1 is 1.24 bits per heavy atom. The lowest BCUT2D eigenvalue weighted by Crippen LogP contribution is -2.44. The van der Waals surface area contributed by atoms with E-state index in [1.54, 1.807) is 12.1 Å². The number of rotatable bonds is 5. The standard InChI is InChI=1S/C12H12ClF3N2O3/c13-8-4-2-1-3-7(8)11(21)18-6-10(20)17-5-9(19)12(14,15)16/h1-4,9,19H,5-6H2,(H,17,20)(H,18,21). The highest BCUT2D eigenvalue weighted by Crippen LogP contribution is 2.19. The molecule has 9 heteroatoms. The van der Waals surface area contributed by atoms with E-state index < -0.39 is 37.2 Å². The van der Waals surface area contributed by atoms with Gasteiger partial charge in [-0.15, -0.1) is 0 Å². The highest BCUT2D eigenvalue weighted by atomic mass is 35.5. The molecule has 0 bridgehead atoms. The van der Waals surface area contributed by atoms with E-state index in [0.717, 1.165) is 0 Å². The minimum atomic E-state index is -4.81. The van der Waals surface area contributed by atoms with Crippen molar-refractivity contribution in [3.63, 3.8) is 0 Å². The molecular weight excluding hydrogens is 313 g/mol. The highest BCUT2D eigenvalue weighted by molar-refractivity contribution is 6.33.